The summed E-state index contributed by atoms with van der Waals surface area (Å²) in [5.41, 5.74) is 2.50. The largest absolute Gasteiger partial charge is 0.352 e. The Kier molecular flexibility index (Phi) is 4.53. The Balaban J connectivity index is 1.40. The van der Waals surface area contributed by atoms with Crippen LogP contribution in [0, 0.1) is 6.92 Å². The Morgan fingerprint density at radius 1 is 1.00 bits per heavy atom. The van der Waals surface area contributed by atoms with Crippen molar-refractivity contribution in [3.8, 4) is 11.3 Å². The van der Waals surface area contributed by atoms with Gasteiger partial charge >= 0.3 is 0 Å². The molecule has 0 spiro atoms. The molecule has 8 nitrogen and oxygen atoms in total. The van der Waals surface area contributed by atoms with Gasteiger partial charge in [0.15, 0.2) is 5.82 Å². The normalized spacial score (nSPS) is 14.5. The molecule has 1 fully saturated rings. The monoisotopic (exact) mass is 367 g/mol. The number of carbonyl (C=O) groups excluding carboxylic acids is 1. The Morgan fingerprint density at radius 2 is 1.77 bits per heavy atom. The Labute approximate surface area is 154 Å². The van der Waals surface area contributed by atoms with Crippen LogP contribution in [0.15, 0.2) is 36.7 Å². The van der Waals surface area contributed by atoms with E-state index in [1.165, 1.54) is 0 Å². The topological polar surface area (TPSA) is 88.0 Å². The van der Waals surface area contributed by atoms with Crippen molar-refractivity contribution >= 4 is 23.3 Å². The van der Waals surface area contributed by atoms with Gasteiger partial charge in [-0.3, -0.25) is 9.78 Å². The van der Waals surface area contributed by atoms with Gasteiger partial charge in [-0.05, 0) is 42.7 Å². The maximum absolute atomic E-state index is 12.5. The molecule has 0 bridgehead atoms. The molecule has 0 aromatic carbocycles. The van der Waals surface area contributed by atoms with Crippen molar-refractivity contribution in [2.45, 2.75) is 6.92 Å². The molecule has 1 amide bonds. The van der Waals surface area contributed by atoms with E-state index >= 15 is 0 Å². The zero-order valence-corrected chi connectivity index (χ0v) is 15.1. The van der Waals surface area contributed by atoms with Crippen molar-refractivity contribution in [3.63, 3.8) is 0 Å². The summed E-state index contributed by atoms with van der Waals surface area (Å²) < 4.78 is 3.84. The van der Waals surface area contributed by atoms with Gasteiger partial charge in [-0.2, -0.15) is 0 Å². The maximum atomic E-state index is 12.5. The minimum Gasteiger partial charge on any atom is -0.352 e. The SMILES string of the molecule is Cc1nnsc1C(=O)N1CCN(c2ccc(-c3ccncc3)nn2)CC1. The lowest BCUT2D eigenvalue weighted by atomic mass is 10.2. The highest BCUT2D eigenvalue weighted by molar-refractivity contribution is 7.07. The fourth-order valence-corrected chi connectivity index (χ4v) is 3.51. The third-order valence-corrected chi connectivity index (χ3v) is 5.18. The van der Waals surface area contributed by atoms with Crippen molar-refractivity contribution < 1.29 is 4.79 Å². The molecule has 132 valence electrons. The van der Waals surface area contributed by atoms with Crippen molar-refractivity contribution in [1.82, 2.24) is 29.7 Å². The molecule has 3 aromatic heterocycles. The number of nitrogens with zero attached hydrogens (tertiary/aromatic N) is 7. The quantitative estimate of drug-likeness (QED) is 0.695. The Bertz CT molecular complexity index is 889. The second kappa shape index (κ2) is 7.12. The Hall–Kier alpha value is -2.94. The third-order valence-electron chi connectivity index (χ3n) is 4.36. The number of rotatable bonds is 3. The number of pyridine rings is 1. The smallest absolute Gasteiger partial charge is 0.267 e. The molecule has 0 unspecified atom stereocenters. The van der Waals surface area contributed by atoms with E-state index in [9.17, 15) is 4.79 Å². The summed E-state index contributed by atoms with van der Waals surface area (Å²) in [6, 6.07) is 7.74. The summed E-state index contributed by atoms with van der Waals surface area (Å²) in [6.07, 6.45) is 3.48. The van der Waals surface area contributed by atoms with Gasteiger partial charge in [-0.1, -0.05) is 4.49 Å². The van der Waals surface area contributed by atoms with Crippen LogP contribution in [0.1, 0.15) is 15.4 Å². The van der Waals surface area contributed by atoms with Gasteiger partial charge in [0.2, 0.25) is 0 Å². The zero-order chi connectivity index (χ0) is 17.9. The van der Waals surface area contributed by atoms with Crippen LogP contribution >= 0.6 is 11.5 Å². The summed E-state index contributed by atoms with van der Waals surface area (Å²) in [4.78, 5) is 21.2. The van der Waals surface area contributed by atoms with Crippen LogP contribution < -0.4 is 4.90 Å². The van der Waals surface area contributed by atoms with Crippen molar-refractivity contribution in [2.75, 3.05) is 31.1 Å². The lowest BCUT2D eigenvalue weighted by Crippen LogP contribution is -2.49. The van der Waals surface area contributed by atoms with Crippen LogP contribution in [0.25, 0.3) is 11.3 Å². The first kappa shape index (κ1) is 16.5. The van der Waals surface area contributed by atoms with Gasteiger partial charge in [0, 0.05) is 44.1 Å². The fraction of sp³-hybridized carbons (Fsp3) is 0.294. The molecule has 4 rings (SSSR count). The second-order valence-electron chi connectivity index (χ2n) is 5.98. The molecular weight excluding hydrogens is 350 g/mol. The highest BCUT2D eigenvalue weighted by atomic mass is 32.1. The Morgan fingerprint density at radius 3 is 2.38 bits per heavy atom. The van der Waals surface area contributed by atoms with E-state index in [4.69, 9.17) is 0 Å². The standard InChI is InChI=1S/C17H17N7OS/c1-12-16(26-22-19-12)17(25)24-10-8-23(9-11-24)15-3-2-14(20-21-15)13-4-6-18-7-5-13/h2-7H,8-11H2,1H3. The maximum Gasteiger partial charge on any atom is 0.267 e. The molecule has 0 N–H and O–H groups in total. The van der Waals surface area contributed by atoms with Crippen LogP contribution in [-0.4, -0.2) is 61.8 Å². The summed E-state index contributed by atoms with van der Waals surface area (Å²) in [6.45, 7) is 4.54. The number of aryl methyl sites for hydroxylation is 1. The third kappa shape index (κ3) is 3.25. The summed E-state index contributed by atoms with van der Waals surface area (Å²) in [5.74, 6) is 0.835. The van der Waals surface area contributed by atoms with E-state index in [0.717, 1.165) is 41.7 Å². The average molecular weight is 367 g/mol. The minimum absolute atomic E-state index is 0.0104. The number of hydrogen-bond donors (Lipinski definition) is 0. The molecule has 4 heterocycles. The predicted octanol–water partition coefficient (Wildman–Crippen LogP) is 1.66. The van der Waals surface area contributed by atoms with Gasteiger partial charge in [0.25, 0.3) is 5.91 Å². The molecule has 0 aliphatic carbocycles. The molecule has 3 aromatic rings. The van der Waals surface area contributed by atoms with Crippen LogP contribution in [0.2, 0.25) is 0 Å². The first-order valence-corrected chi connectivity index (χ1v) is 9.07. The van der Waals surface area contributed by atoms with E-state index in [2.05, 4.69) is 29.7 Å². The fourth-order valence-electron chi connectivity index (χ4n) is 2.88. The number of aromatic nitrogens is 5. The lowest BCUT2D eigenvalue weighted by molar-refractivity contribution is 0.0750. The summed E-state index contributed by atoms with van der Waals surface area (Å²) in [7, 11) is 0. The number of amides is 1. The van der Waals surface area contributed by atoms with E-state index in [-0.39, 0.29) is 5.91 Å². The number of carbonyl (C=O) groups is 1. The molecule has 0 radical (unpaired) electrons. The minimum atomic E-state index is 0.0104. The van der Waals surface area contributed by atoms with Gasteiger partial charge in [-0.15, -0.1) is 15.3 Å². The van der Waals surface area contributed by atoms with Crippen LogP contribution in [0.4, 0.5) is 5.82 Å². The summed E-state index contributed by atoms with van der Waals surface area (Å²) >= 11 is 1.16. The van der Waals surface area contributed by atoms with Crippen molar-refractivity contribution in [1.29, 1.82) is 0 Å². The van der Waals surface area contributed by atoms with Crippen molar-refractivity contribution in [2.24, 2.45) is 0 Å². The molecule has 9 heteroatoms. The molecule has 1 aliphatic rings. The molecule has 1 aliphatic heterocycles. The number of anilines is 1. The molecular formula is C17H17N7OS. The predicted molar refractivity (Wildman–Crippen MR) is 98.0 cm³/mol. The second-order valence-corrected chi connectivity index (χ2v) is 6.73. The molecule has 26 heavy (non-hydrogen) atoms. The van der Waals surface area contributed by atoms with Crippen LogP contribution in [0.5, 0.6) is 0 Å². The lowest BCUT2D eigenvalue weighted by Gasteiger charge is -2.34. The van der Waals surface area contributed by atoms with Gasteiger partial charge < -0.3 is 9.80 Å². The van der Waals surface area contributed by atoms with Crippen molar-refractivity contribution in [3.05, 3.63) is 47.2 Å². The molecule has 0 atom stereocenters. The van der Waals surface area contributed by atoms with E-state index < -0.39 is 0 Å². The van der Waals surface area contributed by atoms with E-state index in [0.29, 0.717) is 23.7 Å². The summed E-state index contributed by atoms with van der Waals surface area (Å²) in [5, 5.41) is 12.6. The first-order valence-electron chi connectivity index (χ1n) is 8.29. The number of hydrogen-bond acceptors (Lipinski definition) is 8. The average Bonchev–Trinajstić information content (AvgIpc) is 3.14. The molecule has 1 saturated heterocycles. The highest BCUT2D eigenvalue weighted by Gasteiger charge is 2.25. The zero-order valence-electron chi connectivity index (χ0n) is 14.2. The van der Waals surface area contributed by atoms with Gasteiger partial charge in [0.1, 0.15) is 4.88 Å². The molecule has 0 saturated carbocycles. The highest BCUT2D eigenvalue weighted by Crippen LogP contribution is 2.20. The van der Waals surface area contributed by atoms with E-state index in [1.807, 2.05) is 36.1 Å². The first-order chi connectivity index (χ1) is 12.7. The van der Waals surface area contributed by atoms with Gasteiger partial charge in [0.05, 0.1) is 11.4 Å². The van der Waals surface area contributed by atoms with Crippen LogP contribution in [-0.2, 0) is 0 Å². The van der Waals surface area contributed by atoms with Crippen LogP contribution in [0.3, 0.4) is 0 Å². The van der Waals surface area contributed by atoms with Gasteiger partial charge in [-0.25, -0.2) is 0 Å². The number of piperazine rings is 1. The van der Waals surface area contributed by atoms with E-state index in [1.54, 1.807) is 12.4 Å².